The number of hydrogen-bond acceptors (Lipinski definition) is 2. The van der Waals surface area contributed by atoms with Gasteiger partial charge in [0.25, 0.3) is 0 Å². The lowest BCUT2D eigenvalue weighted by Gasteiger charge is -2.06. The molecule has 0 fully saturated rings. The molecule has 0 heterocycles. The maximum atomic E-state index is 5.43. The van der Waals surface area contributed by atoms with Gasteiger partial charge < -0.3 is 11.1 Å². The predicted molar refractivity (Wildman–Crippen MR) is 41.4 cm³/mol. The maximum Gasteiger partial charge on any atom is -0.00460 e. The zero-order valence-electron chi connectivity index (χ0n) is 6.48. The summed E-state index contributed by atoms with van der Waals surface area (Å²) < 4.78 is 0. The molecule has 0 saturated carbocycles. The van der Waals surface area contributed by atoms with E-state index in [0.717, 1.165) is 19.6 Å². The van der Waals surface area contributed by atoms with Crippen LogP contribution in [-0.2, 0) is 0 Å². The molecule has 2 heteroatoms. The molecule has 0 aromatic carbocycles. The first-order valence-corrected chi connectivity index (χ1v) is 3.72. The van der Waals surface area contributed by atoms with Crippen molar-refractivity contribution < 1.29 is 0 Å². The summed E-state index contributed by atoms with van der Waals surface area (Å²) in [6, 6.07) is 0. The van der Waals surface area contributed by atoms with Gasteiger partial charge in [0, 0.05) is 0 Å². The molecule has 0 saturated heterocycles. The van der Waals surface area contributed by atoms with E-state index < -0.39 is 0 Å². The molecule has 1 atom stereocenters. The van der Waals surface area contributed by atoms with Crippen molar-refractivity contribution in [1.82, 2.24) is 5.32 Å². The van der Waals surface area contributed by atoms with E-state index in [0.29, 0.717) is 5.92 Å². The van der Waals surface area contributed by atoms with Crippen LogP contribution >= 0.6 is 0 Å². The quantitative estimate of drug-likeness (QED) is 0.534. The van der Waals surface area contributed by atoms with Crippen LogP contribution in [0.2, 0.25) is 0 Å². The van der Waals surface area contributed by atoms with Crippen molar-refractivity contribution in [3.63, 3.8) is 0 Å². The molecular formula is C7H18N2. The van der Waals surface area contributed by atoms with Crippen LogP contribution < -0.4 is 11.1 Å². The predicted octanol–water partition coefficient (Wildman–Crippen LogP) is 0.581. The molecule has 0 spiro atoms. The minimum absolute atomic E-state index is 0.670. The highest BCUT2D eigenvalue weighted by Gasteiger charge is 1.95. The van der Waals surface area contributed by atoms with Crippen LogP contribution in [0.15, 0.2) is 0 Å². The standard InChI is InChI=1S/C7H18N2/c1-3-9-5-4-7(2)6-8/h7,9H,3-6,8H2,1-2H3/t7-/m0/s1. The van der Waals surface area contributed by atoms with E-state index >= 15 is 0 Å². The van der Waals surface area contributed by atoms with Crippen molar-refractivity contribution >= 4 is 0 Å². The second-order valence-electron chi connectivity index (χ2n) is 2.48. The highest BCUT2D eigenvalue weighted by atomic mass is 14.8. The number of nitrogens with two attached hydrogens (primary N) is 1. The van der Waals surface area contributed by atoms with Gasteiger partial charge in [0.1, 0.15) is 0 Å². The van der Waals surface area contributed by atoms with E-state index in [-0.39, 0.29) is 0 Å². The average molecular weight is 130 g/mol. The van der Waals surface area contributed by atoms with E-state index in [2.05, 4.69) is 19.2 Å². The van der Waals surface area contributed by atoms with Crippen LogP contribution in [0.5, 0.6) is 0 Å². The van der Waals surface area contributed by atoms with Crippen molar-refractivity contribution in [2.45, 2.75) is 20.3 Å². The summed E-state index contributed by atoms with van der Waals surface area (Å²) >= 11 is 0. The van der Waals surface area contributed by atoms with Crippen LogP contribution in [0, 0.1) is 5.92 Å². The molecule has 0 rings (SSSR count). The fraction of sp³-hybridized carbons (Fsp3) is 1.00. The summed E-state index contributed by atoms with van der Waals surface area (Å²) in [5.41, 5.74) is 5.43. The third-order valence-corrected chi connectivity index (χ3v) is 1.47. The molecule has 2 nitrogen and oxygen atoms in total. The summed E-state index contributed by atoms with van der Waals surface area (Å²) in [5.74, 6) is 0.670. The fourth-order valence-corrected chi connectivity index (χ4v) is 0.643. The molecule has 9 heavy (non-hydrogen) atoms. The lowest BCUT2D eigenvalue weighted by atomic mass is 10.1. The van der Waals surface area contributed by atoms with Crippen LogP contribution in [0.3, 0.4) is 0 Å². The van der Waals surface area contributed by atoms with Crippen molar-refractivity contribution in [2.75, 3.05) is 19.6 Å². The molecule has 0 aliphatic heterocycles. The first kappa shape index (κ1) is 8.92. The Morgan fingerprint density at radius 2 is 2.22 bits per heavy atom. The van der Waals surface area contributed by atoms with Gasteiger partial charge in [0.05, 0.1) is 0 Å². The molecule has 0 aromatic rings. The Balaban J connectivity index is 2.88. The highest BCUT2D eigenvalue weighted by Crippen LogP contribution is 1.95. The van der Waals surface area contributed by atoms with Gasteiger partial charge in [0.15, 0.2) is 0 Å². The van der Waals surface area contributed by atoms with E-state index in [1.54, 1.807) is 0 Å². The lowest BCUT2D eigenvalue weighted by Crippen LogP contribution is -2.20. The summed E-state index contributed by atoms with van der Waals surface area (Å²) in [6.45, 7) is 7.28. The van der Waals surface area contributed by atoms with E-state index in [4.69, 9.17) is 5.73 Å². The van der Waals surface area contributed by atoms with Gasteiger partial charge in [-0.15, -0.1) is 0 Å². The SMILES string of the molecule is CCNCC[C@H](C)CN. The molecule has 56 valence electrons. The number of rotatable bonds is 5. The molecule has 0 aromatic heterocycles. The van der Waals surface area contributed by atoms with Gasteiger partial charge in [-0.05, 0) is 32.0 Å². The van der Waals surface area contributed by atoms with Gasteiger partial charge in [-0.2, -0.15) is 0 Å². The van der Waals surface area contributed by atoms with Crippen LogP contribution in [-0.4, -0.2) is 19.6 Å². The molecular weight excluding hydrogens is 112 g/mol. The normalized spacial score (nSPS) is 13.7. The van der Waals surface area contributed by atoms with Gasteiger partial charge in [-0.1, -0.05) is 13.8 Å². The molecule has 0 unspecified atom stereocenters. The fourth-order valence-electron chi connectivity index (χ4n) is 0.643. The van der Waals surface area contributed by atoms with Crippen LogP contribution in [0.1, 0.15) is 20.3 Å². The highest BCUT2D eigenvalue weighted by molar-refractivity contribution is 4.54. The second kappa shape index (κ2) is 6.05. The molecule has 0 aliphatic carbocycles. The van der Waals surface area contributed by atoms with Crippen molar-refractivity contribution in [3.8, 4) is 0 Å². The summed E-state index contributed by atoms with van der Waals surface area (Å²) in [5, 5.41) is 3.26. The minimum atomic E-state index is 0.670. The molecule has 3 N–H and O–H groups in total. The minimum Gasteiger partial charge on any atom is -0.330 e. The molecule has 0 radical (unpaired) electrons. The Labute approximate surface area is 57.8 Å². The van der Waals surface area contributed by atoms with Gasteiger partial charge in [0.2, 0.25) is 0 Å². The Morgan fingerprint density at radius 3 is 2.67 bits per heavy atom. The van der Waals surface area contributed by atoms with Gasteiger partial charge >= 0.3 is 0 Å². The zero-order valence-corrected chi connectivity index (χ0v) is 6.48. The topological polar surface area (TPSA) is 38.0 Å². The third kappa shape index (κ3) is 5.80. The van der Waals surface area contributed by atoms with E-state index in [9.17, 15) is 0 Å². The van der Waals surface area contributed by atoms with Gasteiger partial charge in [-0.3, -0.25) is 0 Å². The first-order valence-electron chi connectivity index (χ1n) is 3.72. The Bertz CT molecular complexity index is 54.9. The first-order chi connectivity index (χ1) is 4.31. The van der Waals surface area contributed by atoms with Crippen molar-refractivity contribution in [3.05, 3.63) is 0 Å². The smallest absolute Gasteiger partial charge is 0.00460 e. The third-order valence-electron chi connectivity index (χ3n) is 1.47. The van der Waals surface area contributed by atoms with Gasteiger partial charge in [-0.25, -0.2) is 0 Å². The number of nitrogens with one attached hydrogen (secondary N) is 1. The zero-order chi connectivity index (χ0) is 7.11. The van der Waals surface area contributed by atoms with Crippen molar-refractivity contribution in [1.29, 1.82) is 0 Å². The van der Waals surface area contributed by atoms with Crippen LogP contribution in [0.25, 0.3) is 0 Å². The van der Waals surface area contributed by atoms with E-state index in [1.807, 2.05) is 0 Å². The Morgan fingerprint density at radius 1 is 1.56 bits per heavy atom. The summed E-state index contributed by atoms with van der Waals surface area (Å²) in [4.78, 5) is 0. The number of hydrogen-bond donors (Lipinski definition) is 2. The lowest BCUT2D eigenvalue weighted by molar-refractivity contribution is 0.516. The Kier molecular flexibility index (Phi) is 5.99. The molecule has 0 aliphatic rings. The Hall–Kier alpha value is -0.0800. The average Bonchev–Trinajstić information content (AvgIpc) is 1.89. The van der Waals surface area contributed by atoms with E-state index in [1.165, 1.54) is 6.42 Å². The summed E-state index contributed by atoms with van der Waals surface area (Å²) in [6.07, 6.45) is 1.20. The van der Waals surface area contributed by atoms with Crippen LogP contribution in [0.4, 0.5) is 0 Å². The molecule has 0 amide bonds. The molecule has 0 bridgehead atoms. The largest absolute Gasteiger partial charge is 0.330 e. The monoisotopic (exact) mass is 130 g/mol. The second-order valence-corrected chi connectivity index (χ2v) is 2.48. The maximum absolute atomic E-state index is 5.43. The van der Waals surface area contributed by atoms with Crippen molar-refractivity contribution in [2.24, 2.45) is 11.7 Å². The summed E-state index contributed by atoms with van der Waals surface area (Å²) in [7, 11) is 0.